The number of halogens is 3. The second kappa shape index (κ2) is 6.60. The van der Waals surface area contributed by atoms with Crippen molar-refractivity contribution < 1.29 is 18.3 Å². The molecule has 0 saturated heterocycles. The average molecular weight is 315 g/mol. The van der Waals surface area contributed by atoms with Gasteiger partial charge >= 0.3 is 6.18 Å². The lowest BCUT2D eigenvalue weighted by Crippen LogP contribution is -2.20. The van der Waals surface area contributed by atoms with Gasteiger partial charge in [0.15, 0.2) is 0 Å². The first-order valence-electron chi connectivity index (χ1n) is 6.47. The Labute approximate surface area is 125 Å². The van der Waals surface area contributed by atoms with Crippen molar-refractivity contribution in [3.05, 3.63) is 57.3 Å². The van der Waals surface area contributed by atoms with Crippen molar-refractivity contribution in [1.82, 2.24) is 5.32 Å². The summed E-state index contributed by atoms with van der Waals surface area (Å²) < 4.78 is 37.3. The first-order chi connectivity index (χ1) is 9.86. The van der Waals surface area contributed by atoms with Gasteiger partial charge in [-0.05, 0) is 36.8 Å². The summed E-state index contributed by atoms with van der Waals surface area (Å²) in [5, 5.41) is 13.1. The molecule has 2 N–H and O–H groups in total. The molecule has 114 valence electrons. The molecule has 1 heterocycles. The molecule has 0 bridgehead atoms. The van der Waals surface area contributed by atoms with Gasteiger partial charge in [-0.3, -0.25) is 0 Å². The van der Waals surface area contributed by atoms with E-state index in [0.29, 0.717) is 18.7 Å². The van der Waals surface area contributed by atoms with Gasteiger partial charge in [0.05, 0.1) is 11.7 Å². The molecule has 6 heteroatoms. The number of alkyl halides is 3. The maximum absolute atomic E-state index is 12.4. The van der Waals surface area contributed by atoms with E-state index in [0.717, 1.165) is 17.0 Å². The van der Waals surface area contributed by atoms with Gasteiger partial charge in [-0.15, -0.1) is 11.3 Å². The van der Waals surface area contributed by atoms with Crippen LogP contribution in [-0.4, -0.2) is 11.7 Å². The zero-order valence-corrected chi connectivity index (χ0v) is 12.3. The van der Waals surface area contributed by atoms with Gasteiger partial charge < -0.3 is 10.4 Å². The molecule has 2 rings (SSSR count). The number of aryl methyl sites for hydroxylation is 1. The molecule has 21 heavy (non-hydrogen) atoms. The summed E-state index contributed by atoms with van der Waals surface area (Å²) in [6, 6.07) is 8.63. The van der Waals surface area contributed by atoms with Crippen LogP contribution in [0, 0.1) is 6.92 Å². The lowest BCUT2D eigenvalue weighted by atomic mass is 10.1. The maximum Gasteiger partial charge on any atom is 0.416 e. The standard InChI is InChI=1S/C15H16F3NOS/c1-10-2-7-13(21-10)8-19-9-14(20)11-3-5-12(6-4-11)15(16,17)18/h2-7,14,19-20H,8-9H2,1H3. The van der Waals surface area contributed by atoms with Gasteiger partial charge in [0, 0.05) is 22.8 Å². The SMILES string of the molecule is Cc1ccc(CNCC(O)c2ccc(C(F)(F)F)cc2)s1. The molecule has 2 nitrogen and oxygen atoms in total. The van der Waals surface area contributed by atoms with Crippen LogP contribution in [0.25, 0.3) is 0 Å². The van der Waals surface area contributed by atoms with Crippen molar-refractivity contribution in [2.45, 2.75) is 25.7 Å². The third-order valence-corrected chi connectivity index (χ3v) is 4.06. The Bertz CT molecular complexity index is 577. The molecular weight excluding hydrogens is 299 g/mol. The van der Waals surface area contributed by atoms with Crippen molar-refractivity contribution in [2.75, 3.05) is 6.54 Å². The fraction of sp³-hybridized carbons (Fsp3) is 0.333. The summed E-state index contributed by atoms with van der Waals surface area (Å²) in [4.78, 5) is 2.38. The minimum Gasteiger partial charge on any atom is -0.387 e. The Balaban J connectivity index is 1.87. The molecule has 0 radical (unpaired) electrons. The number of aliphatic hydroxyl groups is 1. The smallest absolute Gasteiger partial charge is 0.387 e. The highest BCUT2D eigenvalue weighted by Crippen LogP contribution is 2.29. The molecule has 2 aromatic rings. The molecule has 1 aromatic carbocycles. The van der Waals surface area contributed by atoms with Crippen LogP contribution in [0.1, 0.15) is 27.0 Å². The Hall–Kier alpha value is -1.37. The third kappa shape index (κ3) is 4.56. The van der Waals surface area contributed by atoms with Gasteiger partial charge in [-0.25, -0.2) is 0 Å². The minimum atomic E-state index is -4.35. The fourth-order valence-electron chi connectivity index (χ4n) is 1.92. The van der Waals surface area contributed by atoms with E-state index in [1.54, 1.807) is 11.3 Å². The van der Waals surface area contributed by atoms with Gasteiger partial charge in [-0.1, -0.05) is 12.1 Å². The molecule has 0 spiro atoms. The first kappa shape index (κ1) is 16.0. The van der Waals surface area contributed by atoms with Gasteiger partial charge in [0.1, 0.15) is 0 Å². The first-order valence-corrected chi connectivity index (χ1v) is 7.29. The Morgan fingerprint density at radius 1 is 1.14 bits per heavy atom. The normalized spacial score (nSPS) is 13.4. The quantitative estimate of drug-likeness (QED) is 0.877. The van der Waals surface area contributed by atoms with E-state index in [9.17, 15) is 18.3 Å². The zero-order chi connectivity index (χ0) is 15.5. The second-order valence-electron chi connectivity index (χ2n) is 4.78. The number of benzene rings is 1. The highest BCUT2D eigenvalue weighted by Gasteiger charge is 2.30. The topological polar surface area (TPSA) is 32.3 Å². The highest BCUT2D eigenvalue weighted by atomic mass is 32.1. The van der Waals surface area contributed by atoms with E-state index in [1.165, 1.54) is 17.0 Å². The summed E-state index contributed by atoms with van der Waals surface area (Å²) in [6.45, 7) is 2.95. The molecule has 0 aliphatic heterocycles. The molecule has 1 atom stereocenters. The number of nitrogens with one attached hydrogen (secondary N) is 1. The van der Waals surface area contributed by atoms with Crippen LogP contribution in [0.3, 0.4) is 0 Å². The molecule has 0 aliphatic carbocycles. The van der Waals surface area contributed by atoms with Crippen LogP contribution in [0.2, 0.25) is 0 Å². The second-order valence-corrected chi connectivity index (χ2v) is 6.15. The van der Waals surface area contributed by atoms with Crippen molar-refractivity contribution >= 4 is 11.3 Å². The van der Waals surface area contributed by atoms with Crippen molar-refractivity contribution in [3.63, 3.8) is 0 Å². The summed E-state index contributed by atoms with van der Waals surface area (Å²) in [5.41, 5.74) is -0.238. The average Bonchev–Trinajstić information content (AvgIpc) is 2.83. The lowest BCUT2D eigenvalue weighted by Gasteiger charge is -2.13. The van der Waals surface area contributed by atoms with Gasteiger partial charge in [0.2, 0.25) is 0 Å². The Morgan fingerprint density at radius 3 is 2.33 bits per heavy atom. The van der Waals surface area contributed by atoms with E-state index in [4.69, 9.17) is 0 Å². The number of hydrogen-bond donors (Lipinski definition) is 2. The van der Waals surface area contributed by atoms with Crippen LogP contribution >= 0.6 is 11.3 Å². The third-order valence-electron chi connectivity index (χ3n) is 3.06. The lowest BCUT2D eigenvalue weighted by molar-refractivity contribution is -0.137. The Morgan fingerprint density at radius 2 is 1.81 bits per heavy atom. The molecule has 0 saturated carbocycles. The zero-order valence-electron chi connectivity index (χ0n) is 11.4. The molecule has 0 amide bonds. The number of rotatable bonds is 5. The van der Waals surface area contributed by atoms with Crippen molar-refractivity contribution in [2.24, 2.45) is 0 Å². The summed E-state index contributed by atoms with van der Waals surface area (Å²) in [5.74, 6) is 0. The summed E-state index contributed by atoms with van der Waals surface area (Å²) >= 11 is 1.67. The minimum absolute atomic E-state index is 0.294. The molecule has 1 aromatic heterocycles. The van der Waals surface area contributed by atoms with Crippen LogP contribution in [0.15, 0.2) is 36.4 Å². The largest absolute Gasteiger partial charge is 0.416 e. The predicted molar refractivity (Wildman–Crippen MR) is 77.2 cm³/mol. The predicted octanol–water partition coefficient (Wildman–Crippen LogP) is 3.90. The monoisotopic (exact) mass is 315 g/mol. The van der Waals surface area contributed by atoms with Gasteiger partial charge in [-0.2, -0.15) is 13.2 Å². The molecule has 1 unspecified atom stereocenters. The van der Waals surface area contributed by atoms with Crippen LogP contribution in [-0.2, 0) is 12.7 Å². The van der Waals surface area contributed by atoms with E-state index in [2.05, 4.69) is 5.32 Å². The molecular formula is C15H16F3NOS. The Kier molecular flexibility index (Phi) is 5.03. The maximum atomic E-state index is 12.4. The van der Waals surface area contributed by atoms with Crippen molar-refractivity contribution in [3.8, 4) is 0 Å². The summed E-state index contributed by atoms with van der Waals surface area (Å²) in [7, 11) is 0. The van der Waals surface area contributed by atoms with E-state index in [-0.39, 0.29) is 0 Å². The van der Waals surface area contributed by atoms with E-state index in [1.807, 2.05) is 19.1 Å². The molecule has 0 fully saturated rings. The van der Waals surface area contributed by atoms with Crippen LogP contribution < -0.4 is 5.32 Å². The summed E-state index contributed by atoms with van der Waals surface area (Å²) in [6.07, 6.45) is -5.17. The van der Waals surface area contributed by atoms with E-state index < -0.39 is 17.8 Å². The number of aliphatic hydroxyl groups excluding tert-OH is 1. The van der Waals surface area contributed by atoms with Crippen LogP contribution in [0.5, 0.6) is 0 Å². The highest BCUT2D eigenvalue weighted by molar-refractivity contribution is 7.11. The van der Waals surface area contributed by atoms with Crippen LogP contribution in [0.4, 0.5) is 13.2 Å². The number of thiophene rings is 1. The number of hydrogen-bond acceptors (Lipinski definition) is 3. The fourth-order valence-corrected chi connectivity index (χ4v) is 2.78. The van der Waals surface area contributed by atoms with E-state index >= 15 is 0 Å². The van der Waals surface area contributed by atoms with Crippen molar-refractivity contribution in [1.29, 1.82) is 0 Å². The van der Waals surface area contributed by atoms with Gasteiger partial charge in [0.25, 0.3) is 0 Å². The molecule has 0 aliphatic rings.